The van der Waals surface area contributed by atoms with Gasteiger partial charge in [0.15, 0.2) is 0 Å². The number of fused-ring (bicyclic) bond motifs is 1. The normalized spacial score (nSPS) is 13.9. The van der Waals surface area contributed by atoms with Gasteiger partial charge in [0.05, 0.1) is 7.11 Å². The molecule has 0 fully saturated rings. The van der Waals surface area contributed by atoms with Crippen molar-refractivity contribution in [2.45, 2.75) is 12.8 Å². The number of H-pyrrole nitrogens is 1. The van der Waals surface area contributed by atoms with Gasteiger partial charge in [-0.3, -0.25) is 0 Å². The van der Waals surface area contributed by atoms with Crippen LogP contribution < -0.4 is 0 Å². The van der Waals surface area contributed by atoms with E-state index in [4.69, 9.17) is 0 Å². The Morgan fingerprint density at radius 2 is 2.23 bits per heavy atom. The number of esters is 1. The summed E-state index contributed by atoms with van der Waals surface area (Å²) in [5.74, 6) is -0.281. The molecule has 0 spiro atoms. The van der Waals surface area contributed by atoms with Crippen molar-refractivity contribution >= 4 is 5.97 Å². The summed E-state index contributed by atoms with van der Waals surface area (Å²) in [6.45, 7) is 0. The molecule has 0 atom stereocenters. The molecule has 1 heterocycles. The van der Waals surface area contributed by atoms with Crippen LogP contribution in [-0.2, 0) is 17.6 Å². The molecule has 68 valence electrons. The van der Waals surface area contributed by atoms with Crippen LogP contribution in [0.3, 0.4) is 0 Å². The maximum Gasteiger partial charge on any atom is 0.354 e. The van der Waals surface area contributed by atoms with Crippen LogP contribution in [-0.4, -0.2) is 18.1 Å². The van der Waals surface area contributed by atoms with Crippen molar-refractivity contribution in [3.05, 3.63) is 35.2 Å². The third-order valence-electron chi connectivity index (χ3n) is 2.30. The Bertz CT molecular complexity index is 363. The summed E-state index contributed by atoms with van der Waals surface area (Å²) >= 11 is 0. The van der Waals surface area contributed by atoms with E-state index in [9.17, 15) is 4.79 Å². The van der Waals surface area contributed by atoms with E-state index in [1.54, 1.807) is 0 Å². The highest BCUT2D eigenvalue weighted by atomic mass is 16.5. The van der Waals surface area contributed by atoms with Crippen LogP contribution in [0.25, 0.3) is 0 Å². The number of hydrogen-bond donors (Lipinski definition) is 1. The Hall–Kier alpha value is -1.51. The molecule has 1 aliphatic rings. The number of rotatable bonds is 1. The van der Waals surface area contributed by atoms with Gasteiger partial charge in [0.1, 0.15) is 5.69 Å². The summed E-state index contributed by atoms with van der Waals surface area (Å²) in [5.41, 5.74) is 2.87. The van der Waals surface area contributed by atoms with Crippen LogP contribution in [0.1, 0.15) is 21.6 Å². The largest absolute Gasteiger partial charge is 0.464 e. The van der Waals surface area contributed by atoms with Crippen LogP contribution in [0.2, 0.25) is 0 Å². The molecule has 1 aliphatic carbocycles. The van der Waals surface area contributed by atoms with Crippen molar-refractivity contribution in [1.82, 2.24) is 4.98 Å². The second-order valence-corrected chi connectivity index (χ2v) is 3.04. The third kappa shape index (κ3) is 1.26. The number of ether oxygens (including phenoxy) is 1. The van der Waals surface area contributed by atoms with Gasteiger partial charge in [-0.15, -0.1) is 0 Å². The summed E-state index contributed by atoms with van der Waals surface area (Å²) < 4.78 is 4.67. The average Bonchev–Trinajstić information content (AvgIpc) is 2.60. The lowest BCUT2D eigenvalue weighted by molar-refractivity contribution is 0.0593. The lowest BCUT2D eigenvalue weighted by atomic mass is 10.00. The van der Waals surface area contributed by atoms with Crippen LogP contribution >= 0.6 is 0 Å². The van der Waals surface area contributed by atoms with Crippen LogP contribution in [0.4, 0.5) is 0 Å². The van der Waals surface area contributed by atoms with Crippen LogP contribution in [0.15, 0.2) is 18.3 Å². The first-order valence-electron chi connectivity index (χ1n) is 4.25. The Kier molecular flexibility index (Phi) is 1.93. The van der Waals surface area contributed by atoms with Crippen molar-refractivity contribution < 1.29 is 9.53 Å². The molecule has 0 bridgehead atoms. The minimum atomic E-state index is -0.281. The molecule has 0 aromatic carbocycles. The zero-order valence-corrected chi connectivity index (χ0v) is 7.46. The van der Waals surface area contributed by atoms with Gasteiger partial charge in [0.2, 0.25) is 0 Å². The zero-order chi connectivity index (χ0) is 9.26. The number of aromatic amines is 1. The molecule has 0 amide bonds. The van der Waals surface area contributed by atoms with Crippen LogP contribution in [0.5, 0.6) is 0 Å². The quantitative estimate of drug-likeness (QED) is 0.521. The maximum absolute atomic E-state index is 11.3. The number of allylic oxidation sites excluding steroid dienone is 2. The van der Waals surface area contributed by atoms with Gasteiger partial charge in [-0.1, -0.05) is 12.2 Å². The van der Waals surface area contributed by atoms with Crippen molar-refractivity contribution in [2.24, 2.45) is 0 Å². The van der Waals surface area contributed by atoms with E-state index in [2.05, 4.69) is 21.9 Å². The van der Waals surface area contributed by atoms with Crippen LogP contribution in [0, 0.1) is 0 Å². The van der Waals surface area contributed by atoms with Crippen molar-refractivity contribution in [3.8, 4) is 0 Å². The fraction of sp³-hybridized carbons (Fsp3) is 0.300. The summed E-state index contributed by atoms with van der Waals surface area (Å²) in [6.07, 6.45) is 7.79. The van der Waals surface area contributed by atoms with E-state index in [-0.39, 0.29) is 5.97 Å². The highest BCUT2D eigenvalue weighted by Crippen LogP contribution is 2.20. The predicted octanol–water partition coefficient (Wildman–Crippen LogP) is 1.46. The molecular formula is C10H11NO2. The number of aromatic nitrogens is 1. The fourth-order valence-electron chi connectivity index (χ4n) is 1.61. The number of carbonyl (C=O) groups excluding carboxylic acids is 1. The third-order valence-corrected chi connectivity index (χ3v) is 2.30. The fourth-order valence-corrected chi connectivity index (χ4v) is 1.61. The molecule has 2 rings (SSSR count). The van der Waals surface area contributed by atoms with Crippen molar-refractivity contribution in [1.29, 1.82) is 0 Å². The van der Waals surface area contributed by atoms with Gasteiger partial charge in [-0.25, -0.2) is 4.79 Å². The van der Waals surface area contributed by atoms with E-state index >= 15 is 0 Å². The lowest BCUT2D eigenvalue weighted by Crippen LogP contribution is -2.06. The van der Waals surface area contributed by atoms with Gasteiger partial charge in [0.25, 0.3) is 0 Å². The molecular weight excluding hydrogens is 166 g/mol. The first-order chi connectivity index (χ1) is 6.33. The highest BCUT2D eigenvalue weighted by molar-refractivity contribution is 5.89. The van der Waals surface area contributed by atoms with Gasteiger partial charge in [-0.05, 0) is 24.0 Å². The number of nitrogens with one attached hydrogen (secondary N) is 1. The van der Waals surface area contributed by atoms with E-state index in [0.717, 1.165) is 18.4 Å². The molecule has 0 radical (unpaired) electrons. The Labute approximate surface area is 76.4 Å². The number of hydrogen-bond acceptors (Lipinski definition) is 2. The Balaban J connectivity index is 2.39. The van der Waals surface area contributed by atoms with Gasteiger partial charge < -0.3 is 9.72 Å². The number of carbonyl (C=O) groups is 1. The predicted molar refractivity (Wildman–Crippen MR) is 48.7 cm³/mol. The number of methoxy groups -OCH3 is 1. The molecule has 0 unspecified atom stereocenters. The lowest BCUT2D eigenvalue weighted by Gasteiger charge is -2.06. The van der Waals surface area contributed by atoms with Gasteiger partial charge in [0, 0.05) is 6.20 Å². The molecule has 0 saturated carbocycles. The molecule has 1 N–H and O–H groups in total. The maximum atomic E-state index is 11.3. The molecule has 0 aliphatic heterocycles. The smallest absolute Gasteiger partial charge is 0.354 e. The van der Waals surface area contributed by atoms with Gasteiger partial charge in [-0.2, -0.15) is 0 Å². The second kappa shape index (κ2) is 3.09. The van der Waals surface area contributed by atoms with E-state index in [1.807, 2.05) is 6.20 Å². The zero-order valence-electron chi connectivity index (χ0n) is 7.46. The Morgan fingerprint density at radius 1 is 1.46 bits per heavy atom. The van der Waals surface area contributed by atoms with E-state index in [1.165, 1.54) is 12.7 Å². The topological polar surface area (TPSA) is 42.1 Å². The van der Waals surface area contributed by atoms with E-state index in [0.29, 0.717) is 5.69 Å². The monoisotopic (exact) mass is 177 g/mol. The summed E-state index contributed by atoms with van der Waals surface area (Å²) in [6, 6.07) is 0. The molecule has 0 saturated heterocycles. The minimum absolute atomic E-state index is 0.281. The molecule has 3 nitrogen and oxygen atoms in total. The SMILES string of the molecule is COC(=O)c1[nH]cc2c1CC=CC2. The summed E-state index contributed by atoms with van der Waals surface area (Å²) in [5, 5.41) is 0. The van der Waals surface area contributed by atoms with Crippen molar-refractivity contribution in [2.75, 3.05) is 7.11 Å². The second-order valence-electron chi connectivity index (χ2n) is 3.04. The first-order valence-corrected chi connectivity index (χ1v) is 4.25. The van der Waals surface area contributed by atoms with E-state index < -0.39 is 0 Å². The summed E-state index contributed by atoms with van der Waals surface area (Å²) in [4.78, 5) is 14.2. The van der Waals surface area contributed by atoms with Gasteiger partial charge >= 0.3 is 5.97 Å². The first kappa shape index (κ1) is 8.10. The Morgan fingerprint density at radius 3 is 3.00 bits per heavy atom. The highest BCUT2D eigenvalue weighted by Gasteiger charge is 2.17. The summed E-state index contributed by atoms with van der Waals surface area (Å²) in [7, 11) is 1.40. The molecule has 1 aromatic heterocycles. The van der Waals surface area contributed by atoms with Crippen molar-refractivity contribution in [3.63, 3.8) is 0 Å². The standard InChI is InChI=1S/C10H11NO2/c1-13-10(12)9-8-5-3-2-4-7(8)6-11-9/h2-3,6,11H,4-5H2,1H3. The molecule has 1 aromatic rings. The molecule has 3 heteroatoms. The molecule has 13 heavy (non-hydrogen) atoms. The minimum Gasteiger partial charge on any atom is -0.464 e. The average molecular weight is 177 g/mol.